The second kappa shape index (κ2) is 6.66. The van der Waals surface area contributed by atoms with E-state index in [0.717, 1.165) is 40.2 Å². The number of anilines is 1. The largest absolute Gasteiger partial charge is 0.465 e. The van der Waals surface area contributed by atoms with Gasteiger partial charge in [0.15, 0.2) is 0 Å². The molecule has 2 aromatic rings. The van der Waals surface area contributed by atoms with E-state index in [9.17, 15) is 4.79 Å². The highest BCUT2D eigenvalue weighted by Crippen LogP contribution is 2.40. The lowest BCUT2D eigenvalue weighted by Crippen LogP contribution is -2.10. The fourth-order valence-corrected chi connectivity index (χ4v) is 2.61. The Labute approximate surface area is 143 Å². The molecular formula is C17H18BrN3O2. The van der Waals surface area contributed by atoms with Crippen LogP contribution in [0.3, 0.4) is 0 Å². The van der Waals surface area contributed by atoms with E-state index in [-0.39, 0.29) is 5.97 Å². The molecule has 0 bridgehead atoms. The summed E-state index contributed by atoms with van der Waals surface area (Å²) < 4.78 is 5.83. The van der Waals surface area contributed by atoms with Crippen molar-refractivity contribution in [3.63, 3.8) is 0 Å². The van der Waals surface area contributed by atoms with Gasteiger partial charge in [0.05, 0.1) is 36.3 Å². The monoisotopic (exact) mass is 375 g/mol. The van der Waals surface area contributed by atoms with Crippen molar-refractivity contribution in [1.29, 1.82) is 0 Å². The van der Waals surface area contributed by atoms with Gasteiger partial charge in [0.2, 0.25) is 0 Å². The van der Waals surface area contributed by atoms with Crippen LogP contribution in [0, 0.1) is 6.92 Å². The second-order valence-electron chi connectivity index (χ2n) is 5.62. The maximum Gasteiger partial charge on any atom is 0.339 e. The molecule has 120 valence electrons. The average molecular weight is 376 g/mol. The predicted molar refractivity (Wildman–Crippen MR) is 91.6 cm³/mol. The summed E-state index contributed by atoms with van der Waals surface area (Å²) >= 11 is 3.44. The summed E-state index contributed by atoms with van der Waals surface area (Å²) in [7, 11) is 1.40. The SMILES string of the molecule is COC(=O)c1ccc(CNc2ccc(Br)c(C)n2)nc1C1CC1. The molecule has 0 unspecified atom stereocenters. The van der Waals surface area contributed by atoms with Gasteiger partial charge in [-0.15, -0.1) is 0 Å². The van der Waals surface area contributed by atoms with Gasteiger partial charge in [-0.3, -0.25) is 4.98 Å². The summed E-state index contributed by atoms with van der Waals surface area (Å²) in [5.41, 5.74) is 3.26. The van der Waals surface area contributed by atoms with E-state index in [0.29, 0.717) is 18.0 Å². The zero-order chi connectivity index (χ0) is 16.4. The molecule has 3 rings (SSSR count). The molecule has 0 radical (unpaired) electrons. The topological polar surface area (TPSA) is 64.1 Å². The molecule has 0 aliphatic heterocycles. The second-order valence-corrected chi connectivity index (χ2v) is 6.47. The van der Waals surface area contributed by atoms with Crippen molar-refractivity contribution in [3.8, 4) is 0 Å². The van der Waals surface area contributed by atoms with Crippen LogP contribution in [0.4, 0.5) is 5.82 Å². The highest BCUT2D eigenvalue weighted by Gasteiger charge is 2.30. The first kappa shape index (κ1) is 15.9. The molecule has 1 aliphatic rings. The highest BCUT2D eigenvalue weighted by molar-refractivity contribution is 9.10. The van der Waals surface area contributed by atoms with Crippen molar-refractivity contribution in [2.45, 2.75) is 32.2 Å². The first-order valence-electron chi connectivity index (χ1n) is 7.53. The summed E-state index contributed by atoms with van der Waals surface area (Å²) in [5.74, 6) is 0.874. The number of carbonyl (C=O) groups excluding carboxylic acids is 1. The Hall–Kier alpha value is -1.95. The maximum absolute atomic E-state index is 11.8. The number of ether oxygens (including phenoxy) is 1. The summed E-state index contributed by atoms with van der Waals surface area (Å²) in [6.07, 6.45) is 2.17. The van der Waals surface area contributed by atoms with Crippen molar-refractivity contribution in [2.24, 2.45) is 0 Å². The van der Waals surface area contributed by atoms with Gasteiger partial charge < -0.3 is 10.1 Å². The fraction of sp³-hybridized carbons (Fsp3) is 0.353. The Morgan fingerprint density at radius 2 is 2.09 bits per heavy atom. The molecule has 0 aromatic carbocycles. The number of aromatic nitrogens is 2. The molecule has 0 atom stereocenters. The Morgan fingerprint density at radius 1 is 1.30 bits per heavy atom. The Kier molecular flexibility index (Phi) is 4.61. The smallest absolute Gasteiger partial charge is 0.339 e. The Morgan fingerprint density at radius 3 is 2.74 bits per heavy atom. The summed E-state index contributed by atoms with van der Waals surface area (Å²) in [6.45, 7) is 2.51. The van der Waals surface area contributed by atoms with Crippen LogP contribution in [0.5, 0.6) is 0 Å². The van der Waals surface area contributed by atoms with Gasteiger partial charge >= 0.3 is 5.97 Å². The zero-order valence-electron chi connectivity index (χ0n) is 13.1. The van der Waals surface area contributed by atoms with Crippen LogP contribution in [-0.4, -0.2) is 23.0 Å². The van der Waals surface area contributed by atoms with Gasteiger partial charge in [-0.05, 0) is 60.0 Å². The molecule has 1 fully saturated rings. The quantitative estimate of drug-likeness (QED) is 0.804. The minimum absolute atomic E-state index is 0.316. The molecule has 1 aliphatic carbocycles. The average Bonchev–Trinajstić information content (AvgIpc) is 3.40. The third-order valence-corrected chi connectivity index (χ3v) is 4.66. The number of methoxy groups -OCH3 is 1. The first-order chi connectivity index (χ1) is 11.1. The van der Waals surface area contributed by atoms with E-state index in [4.69, 9.17) is 4.74 Å². The number of nitrogens with zero attached hydrogens (tertiary/aromatic N) is 2. The summed E-state index contributed by atoms with van der Waals surface area (Å²) in [5, 5.41) is 3.27. The van der Waals surface area contributed by atoms with Crippen LogP contribution in [0.25, 0.3) is 0 Å². The first-order valence-corrected chi connectivity index (χ1v) is 8.33. The molecule has 6 heteroatoms. The van der Waals surface area contributed by atoms with Crippen molar-refractivity contribution >= 4 is 27.7 Å². The Bertz CT molecular complexity index is 745. The van der Waals surface area contributed by atoms with E-state index in [1.165, 1.54) is 7.11 Å². The predicted octanol–water partition coefficient (Wildman–Crippen LogP) is 3.82. The van der Waals surface area contributed by atoms with Crippen LogP contribution in [0.2, 0.25) is 0 Å². The fourth-order valence-electron chi connectivity index (χ4n) is 2.39. The minimum Gasteiger partial charge on any atom is -0.465 e. The van der Waals surface area contributed by atoms with Gasteiger partial charge in [0.25, 0.3) is 0 Å². The van der Waals surface area contributed by atoms with Crippen molar-refractivity contribution in [3.05, 3.63) is 51.4 Å². The van der Waals surface area contributed by atoms with E-state index in [2.05, 4.69) is 31.2 Å². The normalized spacial score (nSPS) is 13.7. The van der Waals surface area contributed by atoms with Crippen LogP contribution < -0.4 is 5.32 Å². The van der Waals surface area contributed by atoms with Crippen LogP contribution >= 0.6 is 15.9 Å². The molecule has 2 aromatic heterocycles. The third kappa shape index (κ3) is 3.69. The number of carbonyl (C=O) groups is 1. The number of aryl methyl sites for hydroxylation is 1. The number of esters is 1. The van der Waals surface area contributed by atoms with Gasteiger partial charge in [0.1, 0.15) is 5.82 Å². The molecule has 5 nitrogen and oxygen atoms in total. The van der Waals surface area contributed by atoms with Gasteiger partial charge in [-0.1, -0.05) is 0 Å². The molecule has 1 N–H and O–H groups in total. The molecule has 0 saturated heterocycles. The highest BCUT2D eigenvalue weighted by atomic mass is 79.9. The summed E-state index contributed by atoms with van der Waals surface area (Å²) in [6, 6.07) is 7.55. The van der Waals surface area contributed by atoms with E-state index < -0.39 is 0 Å². The number of halogens is 1. The lowest BCUT2D eigenvalue weighted by molar-refractivity contribution is 0.0599. The van der Waals surface area contributed by atoms with Crippen molar-refractivity contribution in [2.75, 3.05) is 12.4 Å². The van der Waals surface area contributed by atoms with Crippen molar-refractivity contribution in [1.82, 2.24) is 9.97 Å². The Balaban J connectivity index is 1.76. The molecule has 23 heavy (non-hydrogen) atoms. The number of hydrogen-bond donors (Lipinski definition) is 1. The molecule has 0 amide bonds. The van der Waals surface area contributed by atoms with Gasteiger partial charge in [-0.2, -0.15) is 0 Å². The number of pyridine rings is 2. The third-order valence-electron chi connectivity index (χ3n) is 3.82. The minimum atomic E-state index is -0.316. The zero-order valence-corrected chi connectivity index (χ0v) is 14.7. The lowest BCUT2D eigenvalue weighted by atomic mass is 10.1. The number of hydrogen-bond acceptors (Lipinski definition) is 5. The van der Waals surface area contributed by atoms with E-state index >= 15 is 0 Å². The lowest BCUT2D eigenvalue weighted by Gasteiger charge is -2.10. The number of rotatable bonds is 5. The van der Waals surface area contributed by atoms with Crippen LogP contribution in [0.1, 0.15) is 46.2 Å². The van der Waals surface area contributed by atoms with E-state index in [1.807, 2.05) is 31.2 Å². The summed E-state index contributed by atoms with van der Waals surface area (Å²) in [4.78, 5) is 20.9. The van der Waals surface area contributed by atoms with Gasteiger partial charge in [0, 0.05) is 10.4 Å². The van der Waals surface area contributed by atoms with Crippen LogP contribution in [0.15, 0.2) is 28.7 Å². The van der Waals surface area contributed by atoms with Crippen LogP contribution in [-0.2, 0) is 11.3 Å². The maximum atomic E-state index is 11.8. The molecule has 0 spiro atoms. The van der Waals surface area contributed by atoms with Crippen molar-refractivity contribution < 1.29 is 9.53 Å². The van der Waals surface area contributed by atoms with E-state index in [1.54, 1.807) is 0 Å². The molecule has 1 saturated carbocycles. The standard InChI is InChI=1S/C17H18BrN3O2/c1-10-14(18)7-8-15(20-10)19-9-12-5-6-13(17(22)23-2)16(21-12)11-3-4-11/h5-8,11H,3-4,9H2,1-2H3,(H,19,20). The molecule has 2 heterocycles. The van der Waals surface area contributed by atoms with Gasteiger partial charge in [-0.25, -0.2) is 9.78 Å². The number of nitrogens with one attached hydrogen (secondary N) is 1. The molecular weight excluding hydrogens is 358 g/mol.